The molecule has 2 rings (SSSR count). The predicted molar refractivity (Wildman–Crippen MR) is 68.7 cm³/mol. The predicted octanol–water partition coefficient (Wildman–Crippen LogP) is 4.00. The molecule has 1 aromatic heterocycles. The molecule has 106 valence electrons. The van der Waals surface area contributed by atoms with Crippen molar-refractivity contribution < 1.29 is 17.9 Å². The number of hydrogen-bond acceptors (Lipinski definition) is 3. The third kappa shape index (κ3) is 3.20. The summed E-state index contributed by atoms with van der Waals surface area (Å²) in [7, 11) is 0. The van der Waals surface area contributed by atoms with Crippen LogP contribution in [0, 0.1) is 0 Å². The van der Waals surface area contributed by atoms with Gasteiger partial charge in [0.25, 0.3) is 0 Å². The van der Waals surface area contributed by atoms with Crippen LogP contribution in [0.3, 0.4) is 0 Å². The van der Waals surface area contributed by atoms with Crippen molar-refractivity contribution in [3.63, 3.8) is 0 Å². The number of aromatic nitrogens is 1. The smallest absolute Gasteiger partial charge is 0.417 e. The van der Waals surface area contributed by atoms with Crippen molar-refractivity contribution in [2.75, 3.05) is 0 Å². The normalized spacial score (nSPS) is 11.4. The highest BCUT2D eigenvalue weighted by molar-refractivity contribution is 6.31. The van der Waals surface area contributed by atoms with Crippen LogP contribution in [-0.2, 0) is 12.7 Å². The van der Waals surface area contributed by atoms with Crippen molar-refractivity contribution in [1.29, 1.82) is 0 Å². The van der Waals surface area contributed by atoms with Crippen LogP contribution in [0.2, 0.25) is 5.02 Å². The molecule has 7 heteroatoms. The van der Waals surface area contributed by atoms with Crippen molar-refractivity contribution in [1.82, 2.24) is 4.98 Å². The van der Waals surface area contributed by atoms with Crippen molar-refractivity contribution >= 4 is 11.6 Å². The summed E-state index contributed by atoms with van der Waals surface area (Å²) in [6.45, 7) is 0.148. The van der Waals surface area contributed by atoms with Crippen molar-refractivity contribution in [2.45, 2.75) is 12.7 Å². The van der Waals surface area contributed by atoms with Crippen LogP contribution in [-0.4, -0.2) is 4.98 Å². The summed E-state index contributed by atoms with van der Waals surface area (Å²) in [6, 6.07) is 6.96. The molecule has 1 heterocycles. The van der Waals surface area contributed by atoms with Gasteiger partial charge in [0.05, 0.1) is 5.56 Å². The largest absolute Gasteiger partial charge is 0.439 e. The number of halogens is 4. The Bertz CT molecular complexity index is 600. The van der Waals surface area contributed by atoms with Crippen LogP contribution < -0.4 is 10.5 Å². The fourth-order valence-corrected chi connectivity index (χ4v) is 1.80. The van der Waals surface area contributed by atoms with Gasteiger partial charge >= 0.3 is 6.18 Å². The lowest BCUT2D eigenvalue weighted by atomic mass is 10.2. The molecule has 2 aromatic rings. The third-order valence-corrected chi connectivity index (χ3v) is 2.91. The number of ether oxygens (including phenoxy) is 1. The molecule has 0 radical (unpaired) electrons. The van der Waals surface area contributed by atoms with E-state index in [2.05, 4.69) is 4.98 Å². The van der Waals surface area contributed by atoms with E-state index in [1.807, 2.05) is 0 Å². The molecular formula is C13H10ClF3N2O. The fraction of sp³-hybridized carbons (Fsp3) is 0.154. The number of nitrogens with zero attached hydrogens (tertiary/aromatic N) is 1. The second-order valence-electron chi connectivity index (χ2n) is 3.91. The highest BCUT2D eigenvalue weighted by Gasteiger charge is 2.30. The summed E-state index contributed by atoms with van der Waals surface area (Å²) in [5.41, 5.74) is 5.28. The lowest BCUT2D eigenvalue weighted by molar-refractivity contribution is -0.137. The molecular weight excluding hydrogens is 293 g/mol. The van der Waals surface area contributed by atoms with Gasteiger partial charge in [-0.05, 0) is 18.2 Å². The number of alkyl halides is 3. The number of nitrogens with two attached hydrogens (primary N) is 1. The summed E-state index contributed by atoms with van der Waals surface area (Å²) in [5.74, 6) is 0.405. The number of benzene rings is 1. The van der Waals surface area contributed by atoms with Crippen LogP contribution in [0.25, 0.3) is 0 Å². The molecule has 0 bridgehead atoms. The number of hydrogen-bond donors (Lipinski definition) is 1. The Balaban J connectivity index is 2.25. The van der Waals surface area contributed by atoms with Crippen molar-refractivity contribution in [3.05, 3.63) is 52.7 Å². The summed E-state index contributed by atoms with van der Waals surface area (Å²) in [5, 5.41) is 0.428. The first kappa shape index (κ1) is 14.6. The summed E-state index contributed by atoms with van der Waals surface area (Å²) in [6.07, 6.45) is -3.72. The molecule has 0 unspecified atom stereocenters. The molecule has 3 nitrogen and oxygen atoms in total. The van der Waals surface area contributed by atoms with Gasteiger partial charge < -0.3 is 10.5 Å². The van der Waals surface area contributed by atoms with Crippen LogP contribution >= 0.6 is 11.6 Å². The minimum Gasteiger partial charge on any atom is -0.439 e. The Morgan fingerprint density at radius 2 is 1.95 bits per heavy atom. The zero-order valence-electron chi connectivity index (χ0n) is 10.1. The molecule has 0 spiro atoms. The first-order valence-corrected chi connectivity index (χ1v) is 5.98. The average molecular weight is 303 g/mol. The van der Waals surface area contributed by atoms with Gasteiger partial charge in [0.15, 0.2) is 0 Å². The van der Waals surface area contributed by atoms with Crippen LogP contribution in [0.15, 0.2) is 36.5 Å². The van der Waals surface area contributed by atoms with Gasteiger partial charge in [-0.1, -0.05) is 17.7 Å². The van der Waals surface area contributed by atoms with E-state index < -0.39 is 11.7 Å². The topological polar surface area (TPSA) is 48.1 Å². The summed E-state index contributed by atoms with van der Waals surface area (Å²) in [4.78, 5) is 3.62. The lowest BCUT2D eigenvalue weighted by Crippen LogP contribution is -2.05. The van der Waals surface area contributed by atoms with Gasteiger partial charge in [-0.15, -0.1) is 0 Å². The molecule has 20 heavy (non-hydrogen) atoms. The van der Waals surface area contributed by atoms with E-state index in [0.717, 1.165) is 12.1 Å². The number of pyridine rings is 1. The Hall–Kier alpha value is -1.79. The Morgan fingerprint density at radius 3 is 2.50 bits per heavy atom. The minimum atomic E-state index is -4.43. The van der Waals surface area contributed by atoms with Gasteiger partial charge in [0.1, 0.15) is 5.75 Å². The zero-order valence-corrected chi connectivity index (χ0v) is 10.9. The molecule has 0 fully saturated rings. The summed E-state index contributed by atoms with van der Waals surface area (Å²) < 4.78 is 42.6. The molecule has 1 aromatic carbocycles. The monoisotopic (exact) mass is 302 g/mol. The maximum absolute atomic E-state index is 12.4. The van der Waals surface area contributed by atoms with Gasteiger partial charge in [-0.2, -0.15) is 13.2 Å². The fourth-order valence-electron chi connectivity index (χ4n) is 1.55. The standard InChI is InChI=1S/C13H10ClF3N2O/c14-10-2-1-3-11(9(10)6-18)20-12-5-4-8(7-19-12)13(15,16)17/h1-5,7H,6,18H2. The van der Waals surface area contributed by atoms with Crippen LogP contribution in [0.1, 0.15) is 11.1 Å². The second kappa shape index (κ2) is 5.68. The van der Waals surface area contributed by atoms with Crippen LogP contribution in [0.5, 0.6) is 11.6 Å². The van der Waals surface area contributed by atoms with E-state index in [9.17, 15) is 13.2 Å². The van der Waals surface area contributed by atoms with Gasteiger partial charge in [0.2, 0.25) is 5.88 Å². The SMILES string of the molecule is NCc1c(Cl)cccc1Oc1ccc(C(F)(F)F)cn1. The van der Waals surface area contributed by atoms with Gasteiger partial charge in [-0.25, -0.2) is 4.98 Å². The van der Waals surface area contributed by atoms with Crippen LogP contribution in [0.4, 0.5) is 13.2 Å². The maximum atomic E-state index is 12.4. The number of rotatable bonds is 3. The lowest BCUT2D eigenvalue weighted by Gasteiger charge is -2.11. The van der Waals surface area contributed by atoms with Gasteiger partial charge in [0, 0.05) is 29.4 Å². The quantitative estimate of drug-likeness (QED) is 0.932. The van der Waals surface area contributed by atoms with Crippen molar-refractivity contribution in [2.24, 2.45) is 5.73 Å². The molecule has 2 N–H and O–H groups in total. The van der Waals surface area contributed by atoms with E-state index in [1.54, 1.807) is 18.2 Å². The molecule has 0 aliphatic rings. The molecule has 0 saturated carbocycles. The Morgan fingerprint density at radius 1 is 1.20 bits per heavy atom. The summed E-state index contributed by atoms with van der Waals surface area (Å²) >= 11 is 5.95. The highest BCUT2D eigenvalue weighted by Crippen LogP contribution is 2.32. The molecule has 0 atom stereocenters. The average Bonchev–Trinajstić information content (AvgIpc) is 2.38. The Kier molecular flexibility index (Phi) is 4.15. The van der Waals surface area contributed by atoms with Gasteiger partial charge in [-0.3, -0.25) is 0 Å². The molecule has 0 aliphatic carbocycles. The second-order valence-corrected chi connectivity index (χ2v) is 4.31. The first-order chi connectivity index (χ1) is 9.41. The zero-order chi connectivity index (χ0) is 14.8. The maximum Gasteiger partial charge on any atom is 0.417 e. The molecule has 0 amide bonds. The first-order valence-electron chi connectivity index (χ1n) is 5.60. The van der Waals surface area contributed by atoms with E-state index in [0.29, 0.717) is 22.5 Å². The molecule has 0 aliphatic heterocycles. The minimum absolute atomic E-state index is 0.0370. The molecule has 0 saturated heterocycles. The highest BCUT2D eigenvalue weighted by atomic mass is 35.5. The Labute approximate surface area is 118 Å². The van der Waals surface area contributed by atoms with E-state index >= 15 is 0 Å². The van der Waals surface area contributed by atoms with E-state index in [1.165, 1.54) is 0 Å². The van der Waals surface area contributed by atoms with Crippen molar-refractivity contribution in [3.8, 4) is 11.6 Å². The van der Waals surface area contributed by atoms with E-state index in [4.69, 9.17) is 22.1 Å². The third-order valence-electron chi connectivity index (χ3n) is 2.56. The van der Waals surface area contributed by atoms with E-state index in [-0.39, 0.29) is 12.4 Å².